The quantitative estimate of drug-likeness (QED) is 0.712. The predicted octanol–water partition coefficient (Wildman–Crippen LogP) is 2.37. The number of nitrogens with zero attached hydrogens (tertiary/aromatic N) is 3. The number of amides is 1. The molecule has 2 aliphatic rings. The molecule has 0 unspecified atom stereocenters. The minimum absolute atomic E-state index is 0.280. The molecule has 3 rings (SSSR count). The van der Waals surface area contributed by atoms with Crippen LogP contribution in [0.1, 0.15) is 38.3 Å². The van der Waals surface area contributed by atoms with Crippen LogP contribution in [0.3, 0.4) is 0 Å². The molecule has 0 bridgehead atoms. The van der Waals surface area contributed by atoms with Gasteiger partial charge in [0.05, 0.1) is 6.61 Å². The molecule has 5 nitrogen and oxygen atoms in total. The van der Waals surface area contributed by atoms with Crippen molar-refractivity contribution >= 4 is 5.91 Å². The zero-order chi connectivity index (χ0) is 17.5. The first-order chi connectivity index (χ1) is 12.2. The lowest BCUT2D eigenvalue weighted by molar-refractivity contribution is -0.139. The lowest BCUT2D eigenvalue weighted by Gasteiger charge is -2.48. The number of ether oxygens (including phenoxy) is 1. The van der Waals surface area contributed by atoms with Crippen LogP contribution in [-0.2, 0) is 16.0 Å². The number of hydrogen-bond acceptors (Lipinski definition) is 4. The highest BCUT2D eigenvalue weighted by Crippen LogP contribution is 2.38. The minimum Gasteiger partial charge on any atom is -0.380 e. The molecule has 0 aromatic carbocycles. The SMILES string of the molecule is CCOCCN1CCC[C@]2(CCC(=O)N(CCc3ccccn3)C2)C1. The maximum atomic E-state index is 12.4. The van der Waals surface area contributed by atoms with Crippen molar-refractivity contribution in [2.45, 2.75) is 39.0 Å². The molecular weight excluding hydrogens is 314 g/mol. The molecule has 1 aromatic rings. The molecule has 3 heterocycles. The number of pyridine rings is 1. The largest absolute Gasteiger partial charge is 0.380 e. The van der Waals surface area contributed by atoms with E-state index in [9.17, 15) is 4.79 Å². The lowest BCUT2D eigenvalue weighted by atomic mass is 9.73. The van der Waals surface area contributed by atoms with Gasteiger partial charge in [-0.1, -0.05) is 6.07 Å². The van der Waals surface area contributed by atoms with Gasteiger partial charge >= 0.3 is 0 Å². The Morgan fingerprint density at radius 1 is 1.24 bits per heavy atom. The highest BCUT2D eigenvalue weighted by molar-refractivity contribution is 5.77. The van der Waals surface area contributed by atoms with Crippen LogP contribution in [0.15, 0.2) is 24.4 Å². The Labute approximate surface area is 151 Å². The third-order valence-corrected chi connectivity index (χ3v) is 5.61. The summed E-state index contributed by atoms with van der Waals surface area (Å²) in [6.45, 7) is 8.62. The molecule has 5 heteroatoms. The van der Waals surface area contributed by atoms with Crippen molar-refractivity contribution < 1.29 is 9.53 Å². The summed E-state index contributed by atoms with van der Waals surface area (Å²) in [5, 5.41) is 0. The van der Waals surface area contributed by atoms with Crippen LogP contribution in [0.2, 0.25) is 0 Å². The summed E-state index contributed by atoms with van der Waals surface area (Å²) >= 11 is 0. The standard InChI is InChI=1S/C20H31N3O2/c1-2-25-15-14-22-12-5-9-20(16-22)10-7-19(24)23(17-20)13-8-18-6-3-4-11-21-18/h3-4,6,11H,2,5,7-10,12-17H2,1H3/t20-/m0/s1. The molecule has 2 saturated heterocycles. The van der Waals surface area contributed by atoms with Crippen LogP contribution in [0.5, 0.6) is 0 Å². The molecule has 0 aliphatic carbocycles. The van der Waals surface area contributed by atoms with Crippen molar-refractivity contribution in [3.05, 3.63) is 30.1 Å². The van der Waals surface area contributed by atoms with Gasteiger partial charge in [0.15, 0.2) is 0 Å². The van der Waals surface area contributed by atoms with Gasteiger partial charge in [0.25, 0.3) is 0 Å². The van der Waals surface area contributed by atoms with Gasteiger partial charge in [-0.25, -0.2) is 0 Å². The number of likely N-dealkylation sites (tertiary alicyclic amines) is 2. The molecule has 0 saturated carbocycles. The second-order valence-electron chi connectivity index (χ2n) is 7.46. The highest BCUT2D eigenvalue weighted by atomic mass is 16.5. The molecule has 1 aromatic heterocycles. The van der Waals surface area contributed by atoms with Crippen molar-refractivity contribution in [2.75, 3.05) is 45.9 Å². The molecule has 2 fully saturated rings. The zero-order valence-corrected chi connectivity index (χ0v) is 15.5. The Hall–Kier alpha value is -1.46. The maximum Gasteiger partial charge on any atom is 0.222 e. The van der Waals surface area contributed by atoms with E-state index in [1.54, 1.807) is 0 Å². The van der Waals surface area contributed by atoms with Crippen LogP contribution < -0.4 is 0 Å². The van der Waals surface area contributed by atoms with E-state index >= 15 is 0 Å². The number of hydrogen-bond donors (Lipinski definition) is 0. The number of aromatic nitrogens is 1. The van der Waals surface area contributed by atoms with Crippen molar-refractivity contribution in [2.24, 2.45) is 5.41 Å². The summed E-state index contributed by atoms with van der Waals surface area (Å²) in [5.74, 6) is 0.313. The van der Waals surface area contributed by atoms with E-state index in [4.69, 9.17) is 4.74 Å². The number of rotatable bonds is 7. The van der Waals surface area contributed by atoms with Crippen molar-refractivity contribution in [1.29, 1.82) is 0 Å². The number of carbonyl (C=O) groups is 1. The summed E-state index contributed by atoms with van der Waals surface area (Å²) < 4.78 is 5.52. The maximum absolute atomic E-state index is 12.4. The average Bonchev–Trinajstić information content (AvgIpc) is 2.64. The average molecular weight is 345 g/mol. The Kier molecular flexibility index (Phi) is 6.43. The predicted molar refractivity (Wildman–Crippen MR) is 98.4 cm³/mol. The summed E-state index contributed by atoms with van der Waals surface area (Å²) in [6, 6.07) is 5.99. The molecule has 0 N–H and O–H groups in total. The third-order valence-electron chi connectivity index (χ3n) is 5.61. The van der Waals surface area contributed by atoms with Gasteiger partial charge < -0.3 is 14.5 Å². The third kappa shape index (κ3) is 5.02. The molecule has 1 amide bonds. The molecule has 0 radical (unpaired) electrons. The molecule has 2 aliphatic heterocycles. The van der Waals surface area contributed by atoms with Crippen LogP contribution in [0.4, 0.5) is 0 Å². The first-order valence-corrected chi connectivity index (χ1v) is 9.69. The smallest absolute Gasteiger partial charge is 0.222 e. The van der Waals surface area contributed by atoms with Crippen molar-refractivity contribution in [1.82, 2.24) is 14.8 Å². The van der Waals surface area contributed by atoms with Gasteiger partial charge in [-0.3, -0.25) is 9.78 Å². The summed E-state index contributed by atoms with van der Waals surface area (Å²) in [4.78, 5) is 21.4. The second kappa shape index (κ2) is 8.77. The van der Waals surface area contributed by atoms with Crippen molar-refractivity contribution in [3.8, 4) is 0 Å². The summed E-state index contributed by atoms with van der Waals surface area (Å²) in [7, 11) is 0. The molecule has 25 heavy (non-hydrogen) atoms. The lowest BCUT2D eigenvalue weighted by Crippen LogP contribution is -2.54. The Morgan fingerprint density at radius 3 is 2.96 bits per heavy atom. The Morgan fingerprint density at radius 2 is 2.16 bits per heavy atom. The Bertz CT molecular complexity index is 551. The molecule has 138 valence electrons. The van der Waals surface area contributed by atoms with Gasteiger partial charge in [-0.2, -0.15) is 0 Å². The Balaban J connectivity index is 1.56. The topological polar surface area (TPSA) is 45.7 Å². The second-order valence-corrected chi connectivity index (χ2v) is 7.46. The first-order valence-electron chi connectivity index (χ1n) is 9.69. The van der Waals surface area contributed by atoms with E-state index in [-0.39, 0.29) is 5.41 Å². The summed E-state index contributed by atoms with van der Waals surface area (Å²) in [5.41, 5.74) is 1.35. The van der Waals surface area contributed by atoms with Crippen LogP contribution >= 0.6 is 0 Å². The van der Waals surface area contributed by atoms with E-state index < -0.39 is 0 Å². The number of carbonyl (C=O) groups excluding carboxylic acids is 1. The number of piperidine rings is 2. The van der Waals surface area contributed by atoms with E-state index in [2.05, 4.69) is 14.8 Å². The van der Waals surface area contributed by atoms with Crippen LogP contribution in [0, 0.1) is 5.41 Å². The van der Waals surface area contributed by atoms with E-state index in [0.717, 1.165) is 64.5 Å². The molecule has 1 atom stereocenters. The molecular formula is C20H31N3O2. The van der Waals surface area contributed by atoms with Gasteiger partial charge in [0, 0.05) is 62.9 Å². The van der Waals surface area contributed by atoms with E-state index in [1.807, 2.05) is 31.3 Å². The fourth-order valence-corrected chi connectivity index (χ4v) is 4.27. The fourth-order valence-electron chi connectivity index (χ4n) is 4.27. The molecule has 1 spiro atoms. The fraction of sp³-hybridized carbons (Fsp3) is 0.700. The van der Waals surface area contributed by atoms with E-state index in [0.29, 0.717) is 12.3 Å². The normalized spacial score (nSPS) is 24.8. The van der Waals surface area contributed by atoms with Crippen molar-refractivity contribution in [3.63, 3.8) is 0 Å². The minimum atomic E-state index is 0.280. The van der Waals surface area contributed by atoms with E-state index in [1.165, 1.54) is 12.8 Å². The van der Waals surface area contributed by atoms with Gasteiger partial charge in [0.2, 0.25) is 5.91 Å². The van der Waals surface area contributed by atoms with Gasteiger partial charge in [-0.05, 0) is 44.9 Å². The zero-order valence-electron chi connectivity index (χ0n) is 15.5. The van der Waals surface area contributed by atoms with Gasteiger partial charge in [-0.15, -0.1) is 0 Å². The van der Waals surface area contributed by atoms with Crippen LogP contribution in [-0.4, -0.2) is 66.6 Å². The highest BCUT2D eigenvalue weighted by Gasteiger charge is 2.41. The summed E-state index contributed by atoms with van der Waals surface area (Å²) in [6.07, 6.45) is 6.88. The van der Waals surface area contributed by atoms with Gasteiger partial charge in [0.1, 0.15) is 0 Å². The first kappa shape index (κ1) is 18.3. The monoisotopic (exact) mass is 345 g/mol. The van der Waals surface area contributed by atoms with Crippen LogP contribution in [0.25, 0.3) is 0 Å².